The van der Waals surface area contributed by atoms with Crippen LogP contribution in [0, 0.1) is 13.8 Å². The lowest BCUT2D eigenvalue weighted by molar-refractivity contribution is 0.0773. The second-order valence-corrected chi connectivity index (χ2v) is 7.07. The van der Waals surface area contributed by atoms with E-state index in [0.29, 0.717) is 31.1 Å². The molecule has 0 aliphatic carbocycles. The molecule has 3 rings (SSSR count). The number of carbonyl (C=O) groups excluding carboxylic acids is 1. The molecular weight excluding hydrogens is 364 g/mol. The highest BCUT2D eigenvalue weighted by atomic mass is 16.5. The van der Waals surface area contributed by atoms with Crippen molar-refractivity contribution in [1.29, 1.82) is 0 Å². The van der Waals surface area contributed by atoms with Crippen LogP contribution < -0.4 is 9.47 Å². The summed E-state index contributed by atoms with van der Waals surface area (Å²) in [6.07, 6.45) is 3.50. The van der Waals surface area contributed by atoms with E-state index in [1.807, 2.05) is 50.2 Å². The van der Waals surface area contributed by atoms with Gasteiger partial charge < -0.3 is 14.4 Å². The summed E-state index contributed by atoms with van der Waals surface area (Å²) in [6.45, 7) is 5.47. The van der Waals surface area contributed by atoms with Crippen LogP contribution in [0.1, 0.15) is 27.0 Å². The standard InChI is InChI=1S/C24H26N2O3/c1-18-13-19(2)15-23(14-18)28-12-11-26(3)24(27)21-6-8-22(9-7-21)29-17-20-5-4-10-25-16-20/h4-10,13-16H,11-12,17H2,1-3H3. The van der Waals surface area contributed by atoms with E-state index >= 15 is 0 Å². The number of aryl methyl sites for hydroxylation is 2. The van der Waals surface area contributed by atoms with Crippen LogP contribution in [-0.4, -0.2) is 36.0 Å². The molecule has 3 aromatic rings. The number of pyridine rings is 1. The van der Waals surface area contributed by atoms with Gasteiger partial charge >= 0.3 is 0 Å². The minimum Gasteiger partial charge on any atom is -0.492 e. The fourth-order valence-corrected chi connectivity index (χ4v) is 2.98. The van der Waals surface area contributed by atoms with Crippen molar-refractivity contribution in [2.75, 3.05) is 20.2 Å². The summed E-state index contributed by atoms with van der Waals surface area (Å²) >= 11 is 0. The maximum absolute atomic E-state index is 12.6. The van der Waals surface area contributed by atoms with E-state index in [1.54, 1.807) is 36.5 Å². The van der Waals surface area contributed by atoms with Crippen molar-refractivity contribution in [3.8, 4) is 11.5 Å². The number of carbonyl (C=O) groups is 1. The van der Waals surface area contributed by atoms with Gasteiger partial charge in [0, 0.05) is 30.6 Å². The molecular formula is C24H26N2O3. The molecule has 0 N–H and O–H groups in total. The van der Waals surface area contributed by atoms with Crippen molar-refractivity contribution in [3.05, 3.63) is 89.2 Å². The number of benzene rings is 2. The van der Waals surface area contributed by atoms with Gasteiger partial charge in [-0.05, 0) is 67.4 Å². The number of rotatable bonds is 8. The van der Waals surface area contributed by atoms with Crippen molar-refractivity contribution in [2.45, 2.75) is 20.5 Å². The Labute approximate surface area is 171 Å². The van der Waals surface area contributed by atoms with E-state index in [1.165, 1.54) is 0 Å². The molecule has 0 unspecified atom stereocenters. The number of amides is 1. The van der Waals surface area contributed by atoms with Crippen LogP contribution in [0.15, 0.2) is 67.0 Å². The number of ether oxygens (including phenoxy) is 2. The molecule has 0 spiro atoms. The van der Waals surface area contributed by atoms with Gasteiger partial charge in [0.15, 0.2) is 0 Å². The lowest BCUT2D eigenvalue weighted by Crippen LogP contribution is -2.30. The molecule has 29 heavy (non-hydrogen) atoms. The van der Waals surface area contributed by atoms with Crippen LogP contribution >= 0.6 is 0 Å². The fourth-order valence-electron chi connectivity index (χ4n) is 2.98. The molecule has 0 radical (unpaired) electrons. The molecule has 0 bridgehead atoms. The molecule has 2 aromatic carbocycles. The van der Waals surface area contributed by atoms with Gasteiger partial charge in [-0.2, -0.15) is 0 Å². The van der Waals surface area contributed by atoms with E-state index in [2.05, 4.69) is 11.1 Å². The normalized spacial score (nSPS) is 10.4. The van der Waals surface area contributed by atoms with Gasteiger partial charge in [0.25, 0.3) is 5.91 Å². The van der Waals surface area contributed by atoms with Crippen LogP contribution in [0.2, 0.25) is 0 Å². The number of hydrogen-bond donors (Lipinski definition) is 0. The molecule has 5 nitrogen and oxygen atoms in total. The Morgan fingerprint density at radius 2 is 1.69 bits per heavy atom. The highest BCUT2D eigenvalue weighted by Gasteiger charge is 2.12. The Balaban J connectivity index is 1.48. The molecule has 0 saturated carbocycles. The zero-order chi connectivity index (χ0) is 20.6. The molecule has 0 atom stereocenters. The largest absolute Gasteiger partial charge is 0.492 e. The van der Waals surface area contributed by atoms with Gasteiger partial charge in [-0.3, -0.25) is 9.78 Å². The van der Waals surface area contributed by atoms with Crippen molar-refractivity contribution in [2.24, 2.45) is 0 Å². The van der Waals surface area contributed by atoms with E-state index in [4.69, 9.17) is 9.47 Å². The van der Waals surface area contributed by atoms with Crippen molar-refractivity contribution in [3.63, 3.8) is 0 Å². The molecule has 0 fully saturated rings. The van der Waals surface area contributed by atoms with Crippen LogP contribution in [0.3, 0.4) is 0 Å². The lowest BCUT2D eigenvalue weighted by atomic mass is 10.1. The predicted molar refractivity (Wildman–Crippen MR) is 113 cm³/mol. The Bertz CT molecular complexity index is 920. The summed E-state index contributed by atoms with van der Waals surface area (Å²) < 4.78 is 11.5. The zero-order valence-electron chi connectivity index (χ0n) is 17.1. The summed E-state index contributed by atoms with van der Waals surface area (Å²) in [5.74, 6) is 1.50. The summed E-state index contributed by atoms with van der Waals surface area (Å²) in [4.78, 5) is 18.3. The van der Waals surface area contributed by atoms with Crippen molar-refractivity contribution in [1.82, 2.24) is 9.88 Å². The quantitative estimate of drug-likeness (QED) is 0.571. The average molecular weight is 390 g/mol. The van der Waals surface area contributed by atoms with E-state index in [0.717, 1.165) is 22.4 Å². The summed E-state index contributed by atoms with van der Waals surface area (Å²) in [5, 5.41) is 0. The Morgan fingerprint density at radius 3 is 2.34 bits per heavy atom. The third-order valence-corrected chi connectivity index (χ3v) is 4.47. The van der Waals surface area contributed by atoms with Crippen LogP contribution in [0.5, 0.6) is 11.5 Å². The smallest absolute Gasteiger partial charge is 0.253 e. The lowest BCUT2D eigenvalue weighted by Gasteiger charge is -2.18. The number of hydrogen-bond acceptors (Lipinski definition) is 4. The van der Waals surface area contributed by atoms with Gasteiger partial charge in [-0.1, -0.05) is 12.1 Å². The third-order valence-electron chi connectivity index (χ3n) is 4.47. The first-order chi connectivity index (χ1) is 14.0. The second kappa shape index (κ2) is 9.73. The monoisotopic (exact) mass is 390 g/mol. The van der Waals surface area contributed by atoms with E-state index < -0.39 is 0 Å². The maximum Gasteiger partial charge on any atom is 0.253 e. The van der Waals surface area contributed by atoms with Gasteiger partial charge in [0.1, 0.15) is 24.7 Å². The Hall–Kier alpha value is -3.34. The number of likely N-dealkylation sites (N-methyl/N-ethyl adjacent to an activating group) is 1. The minimum absolute atomic E-state index is 0.0483. The third kappa shape index (κ3) is 6.07. The topological polar surface area (TPSA) is 51.7 Å². The summed E-state index contributed by atoms with van der Waals surface area (Å²) in [5.41, 5.74) is 3.94. The maximum atomic E-state index is 12.6. The molecule has 150 valence electrons. The van der Waals surface area contributed by atoms with Gasteiger partial charge in [-0.15, -0.1) is 0 Å². The SMILES string of the molecule is Cc1cc(C)cc(OCCN(C)C(=O)c2ccc(OCc3cccnc3)cc2)c1. The number of nitrogens with zero attached hydrogens (tertiary/aromatic N) is 2. The Morgan fingerprint density at radius 1 is 0.966 bits per heavy atom. The molecule has 0 aliphatic rings. The average Bonchev–Trinajstić information content (AvgIpc) is 2.72. The van der Waals surface area contributed by atoms with Crippen LogP contribution in [0.4, 0.5) is 0 Å². The minimum atomic E-state index is -0.0483. The first-order valence-electron chi connectivity index (χ1n) is 9.59. The summed E-state index contributed by atoms with van der Waals surface area (Å²) in [7, 11) is 1.78. The molecule has 1 amide bonds. The first-order valence-corrected chi connectivity index (χ1v) is 9.59. The highest BCUT2D eigenvalue weighted by Crippen LogP contribution is 2.17. The molecule has 0 aliphatic heterocycles. The van der Waals surface area contributed by atoms with Crippen LogP contribution in [0.25, 0.3) is 0 Å². The fraction of sp³-hybridized carbons (Fsp3) is 0.250. The van der Waals surface area contributed by atoms with Gasteiger partial charge in [-0.25, -0.2) is 0 Å². The number of aromatic nitrogens is 1. The molecule has 1 heterocycles. The first kappa shape index (κ1) is 20.4. The van der Waals surface area contributed by atoms with Crippen LogP contribution in [-0.2, 0) is 6.61 Å². The molecule has 0 saturated heterocycles. The van der Waals surface area contributed by atoms with Crippen molar-refractivity contribution < 1.29 is 14.3 Å². The predicted octanol–water partition coefficient (Wildman–Crippen LogP) is 4.43. The van der Waals surface area contributed by atoms with Gasteiger partial charge in [0.05, 0.1) is 6.54 Å². The van der Waals surface area contributed by atoms with Crippen molar-refractivity contribution >= 4 is 5.91 Å². The Kier molecular flexibility index (Phi) is 6.85. The highest BCUT2D eigenvalue weighted by molar-refractivity contribution is 5.94. The second-order valence-electron chi connectivity index (χ2n) is 7.07. The molecule has 5 heteroatoms. The molecule has 1 aromatic heterocycles. The van der Waals surface area contributed by atoms with E-state index in [-0.39, 0.29) is 5.91 Å². The zero-order valence-corrected chi connectivity index (χ0v) is 17.1. The summed E-state index contributed by atoms with van der Waals surface area (Å²) in [6, 6.07) is 17.1. The van der Waals surface area contributed by atoms with Gasteiger partial charge in [0.2, 0.25) is 0 Å². The van der Waals surface area contributed by atoms with E-state index in [9.17, 15) is 4.79 Å².